The lowest BCUT2D eigenvalue weighted by molar-refractivity contribution is 0.196. The SMILES string of the molecule is COCCNCC(Cc1cccc(Cl)c1)C(C)C. The van der Waals surface area contributed by atoms with Crippen LogP contribution >= 0.6 is 11.6 Å². The van der Waals surface area contributed by atoms with Gasteiger partial charge in [0.1, 0.15) is 0 Å². The Balaban J connectivity index is 2.47. The smallest absolute Gasteiger partial charge is 0.0587 e. The number of ether oxygens (including phenoxy) is 1. The predicted molar refractivity (Wildman–Crippen MR) is 78.2 cm³/mol. The molecule has 0 heterocycles. The van der Waals surface area contributed by atoms with Crippen molar-refractivity contribution in [3.8, 4) is 0 Å². The summed E-state index contributed by atoms with van der Waals surface area (Å²) in [6, 6.07) is 8.15. The molecule has 3 heteroatoms. The van der Waals surface area contributed by atoms with Crippen molar-refractivity contribution in [1.82, 2.24) is 5.32 Å². The van der Waals surface area contributed by atoms with E-state index in [9.17, 15) is 0 Å². The molecule has 0 radical (unpaired) electrons. The average molecular weight is 270 g/mol. The van der Waals surface area contributed by atoms with Crippen LogP contribution in [0.5, 0.6) is 0 Å². The fraction of sp³-hybridized carbons (Fsp3) is 0.600. The molecule has 102 valence electrons. The van der Waals surface area contributed by atoms with E-state index >= 15 is 0 Å². The highest BCUT2D eigenvalue weighted by Gasteiger charge is 2.13. The van der Waals surface area contributed by atoms with Gasteiger partial charge >= 0.3 is 0 Å². The van der Waals surface area contributed by atoms with Crippen molar-refractivity contribution >= 4 is 11.6 Å². The minimum atomic E-state index is 0.625. The fourth-order valence-corrected chi connectivity index (χ4v) is 2.18. The van der Waals surface area contributed by atoms with E-state index in [0.29, 0.717) is 11.8 Å². The summed E-state index contributed by atoms with van der Waals surface area (Å²) < 4.78 is 5.04. The summed E-state index contributed by atoms with van der Waals surface area (Å²) in [5.41, 5.74) is 1.31. The van der Waals surface area contributed by atoms with E-state index in [4.69, 9.17) is 16.3 Å². The highest BCUT2D eigenvalue weighted by molar-refractivity contribution is 6.30. The number of rotatable bonds is 8. The molecule has 1 unspecified atom stereocenters. The Bertz CT molecular complexity index is 341. The number of nitrogens with one attached hydrogen (secondary N) is 1. The molecular weight excluding hydrogens is 246 g/mol. The molecule has 0 aliphatic heterocycles. The molecule has 2 nitrogen and oxygen atoms in total. The monoisotopic (exact) mass is 269 g/mol. The first-order chi connectivity index (χ1) is 8.63. The van der Waals surface area contributed by atoms with Crippen LogP contribution in [0.25, 0.3) is 0 Å². The highest BCUT2D eigenvalue weighted by atomic mass is 35.5. The van der Waals surface area contributed by atoms with Crippen molar-refractivity contribution in [1.29, 1.82) is 0 Å². The number of methoxy groups -OCH3 is 1. The van der Waals surface area contributed by atoms with Crippen molar-refractivity contribution in [3.63, 3.8) is 0 Å². The molecule has 1 rings (SSSR count). The molecular formula is C15H24ClNO. The van der Waals surface area contributed by atoms with E-state index in [1.54, 1.807) is 7.11 Å². The first kappa shape index (κ1) is 15.5. The summed E-state index contributed by atoms with van der Waals surface area (Å²) in [5.74, 6) is 1.28. The van der Waals surface area contributed by atoms with Crippen LogP contribution in [0.15, 0.2) is 24.3 Å². The van der Waals surface area contributed by atoms with E-state index in [1.165, 1.54) is 5.56 Å². The van der Waals surface area contributed by atoms with Crippen LogP contribution in [0.1, 0.15) is 19.4 Å². The summed E-state index contributed by atoms with van der Waals surface area (Å²) in [5, 5.41) is 4.27. The third-order valence-corrected chi connectivity index (χ3v) is 3.45. The second kappa shape index (κ2) is 8.52. The van der Waals surface area contributed by atoms with Crippen LogP contribution in [0.3, 0.4) is 0 Å². The van der Waals surface area contributed by atoms with Crippen molar-refractivity contribution in [3.05, 3.63) is 34.9 Å². The van der Waals surface area contributed by atoms with E-state index in [1.807, 2.05) is 12.1 Å². The summed E-state index contributed by atoms with van der Waals surface area (Å²) in [6.07, 6.45) is 1.07. The molecule has 18 heavy (non-hydrogen) atoms. The van der Waals surface area contributed by atoms with Crippen LogP contribution in [0.4, 0.5) is 0 Å². The van der Waals surface area contributed by atoms with E-state index in [2.05, 4.69) is 31.3 Å². The van der Waals surface area contributed by atoms with Crippen molar-refractivity contribution in [2.24, 2.45) is 11.8 Å². The lowest BCUT2D eigenvalue weighted by atomic mass is 9.89. The van der Waals surface area contributed by atoms with Gasteiger partial charge in [-0.05, 0) is 42.5 Å². The normalized spacial score (nSPS) is 12.9. The molecule has 0 aromatic heterocycles. The number of hydrogen-bond donors (Lipinski definition) is 1. The van der Waals surface area contributed by atoms with Crippen LogP contribution in [0.2, 0.25) is 5.02 Å². The second-order valence-electron chi connectivity index (χ2n) is 5.04. The molecule has 0 fully saturated rings. The molecule has 0 spiro atoms. The van der Waals surface area contributed by atoms with Gasteiger partial charge in [-0.1, -0.05) is 37.6 Å². The third-order valence-electron chi connectivity index (χ3n) is 3.22. The van der Waals surface area contributed by atoms with Crippen molar-refractivity contribution in [2.75, 3.05) is 26.8 Å². The van der Waals surface area contributed by atoms with E-state index in [-0.39, 0.29) is 0 Å². The summed E-state index contributed by atoms with van der Waals surface area (Å²) in [7, 11) is 1.73. The molecule has 1 N–H and O–H groups in total. The Morgan fingerprint density at radius 1 is 1.33 bits per heavy atom. The number of benzene rings is 1. The van der Waals surface area contributed by atoms with Gasteiger partial charge in [-0.3, -0.25) is 0 Å². The van der Waals surface area contributed by atoms with Gasteiger partial charge in [0.2, 0.25) is 0 Å². The zero-order valence-corrected chi connectivity index (χ0v) is 12.3. The van der Waals surface area contributed by atoms with Gasteiger partial charge in [0.15, 0.2) is 0 Å². The third kappa shape index (κ3) is 5.85. The minimum absolute atomic E-state index is 0.625. The predicted octanol–water partition coefficient (Wildman–Crippen LogP) is 3.39. The van der Waals surface area contributed by atoms with E-state index < -0.39 is 0 Å². The van der Waals surface area contributed by atoms with Crippen LogP contribution in [-0.2, 0) is 11.2 Å². The van der Waals surface area contributed by atoms with Gasteiger partial charge in [0.25, 0.3) is 0 Å². The van der Waals surface area contributed by atoms with Gasteiger partial charge in [0.05, 0.1) is 6.61 Å². The molecule has 0 saturated heterocycles. The fourth-order valence-electron chi connectivity index (χ4n) is 1.97. The first-order valence-corrected chi connectivity index (χ1v) is 6.95. The lowest BCUT2D eigenvalue weighted by Gasteiger charge is -2.21. The van der Waals surface area contributed by atoms with Gasteiger partial charge < -0.3 is 10.1 Å². The maximum Gasteiger partial charge on any atom is 0.0587 e. The van der Waals surface area contributed by atoms with Crippen LogP contribution in [-0.4, -0.2) is 26.8 Å². The Labute approximate surface area is 116 Å². The lowest BCUT2D eigenvalue weighted by Crippen LogP contribution is -2.30. The van der Waals surface area contributed by atoms with Crippen molar-refractivity contribution < 1.29 is 4.74 Å². The standard InChI is InChI=1S/C15H24ClNO/c1-12(2)14(11-17-7-8-18-3)9-13-5-4-6-15(16)10-13/h4-6,10,12,14,17H,7-9,11H2,1-3H3. The van der Waals surface area contributed by atoms with Crippen LogP contribution in [0, 0.1) is 11.8 Å². The molecule has 0 bridgehead atoms. The summed E-state index contributed by atoms with van der Waals surface area (Å²) in [6.45, 7) is 7.24. The maximum absolute atomic E-state index is 6.02. The Hall–Kier alpha value is -0.570. The second-order valence-corrected chi connectivity index (χ2v) is 5.47. The van der Waals surface area contributed by atoms with Gasteiger partial charge in [-0.2, -0.15) is 0 Å². The highest BCUT2D eigenvalue weighted by Crippen LogP contribution is 2.19. The Morgan fingerprint density at radius 3 is 2.72 bits per heavy atom. The van der Waals surface area contributed by atoms with Gasteiger partial charge in [0, 0.05) is 18.7 Å². The zero-order chi connectivity index (χ0) is 13.4. The average Bonchev–Trinajstić information content (AvgIpc) is 2.33. The largest absolute Gasteiger partial charge is 0.383 e. The Morgan fingerprint density at radius 2 is 2.11 bits per heavy atom. The maximum atomic E-state index is 6.02. The summed E-state index contributed by atoms with van der Waals surface area (Å²) in [4.78, 5) is 0. The summed E-state index contributed by atoms with van der Waals surface area (Å²) >= 11 is 6.02. The molecule has 1 atom stereocenters. The molecule has 0 aliphatic rings. The van der Waals surface area contributed by atoms with Crippen LogP contribution < -0.4 is 5.32 Å². The zero-order valence-electron chi connectivity index (χ0n) is 11.6. The molecule has 1 aromatic rings. The molecule has 0 amide bonds. The van der Waals surface area contributed by atoms with Crippen molar-refractivity contribution in [2.45, 2.75) is 20.3 Å². The topological polar surface area (TPSA) is 21.3 Å². The first-order valence-electron chi connectivity index (χ1n) is 6.57. The van der Waals surface area contributed by atoms with Gasteiger partial charge in [-0.15, -0.1) is 0 Å². The minimum Gasteiger partial charge on any atom is -0.383 e. The number of halogens is 1. The van der Waals surface area contributed by atoms with Gasteiger partial charge in [-0.25, -0.2) is 0 Å². The quantitative estimate of drug-likeness (QED) is 0.731. The Kier molecular flexibility index (Phi) is 7.33. The van der Waals surface area contributed by atoms with E-state index in [0.717, 1.165) is 31.1 Å². The number of hydrogen-bond acceptors (Lipinski definition) is 2. The molecule has 1 aromatic carbocycles. The molecule has 0 aliphatic carbocycles. The molecule has 0 saturated carbocycles.